The molecule has 0 saturated carbocycles. The van der Waals surface area contributed by atoms with Crippen molar-refractivity contribution in [3.63, 3.8) is 0 Å². The Morgan fingerprint density at radius 1 is 1.14 bits per heavy atom. The normalized spacial score (nSPS) is 12.7. The first-order valence-electron chi connectivity index (χ1n) is 7.00. The van der Waals surface area contributed by atoms with Crippen LogP contribution in [0, 0.1) is 0 Å². The highest BCUT2D eigenvalue weighted by atomic mass is 16.6. The number of aliphatic carboxylic acids is 1. The van der Waals surface area contributed by atoms with Crippen molar-refractivity contribution in [3.05, 3.63) is 0 Å². The highest BCUT2D eigenvalue weighted by Crippen LogP contribution is 2.09. The molecule has 0 aliphatic carbocycles. The highest BCUT2D eigenvalue weighted by Gasteiger charge is 2.27. The average molecular weight is 303 g/mol. The maximum absolute atomic E-state index is 11.7. The lowest BCUT2D eigenvalue weighted by Gasteiger charge is -2.22. The quantitative estimate of drug-likeness (QED) is 0.698. The van der Waals surface area contributed by atoms with Gasteiger partial charge in [-0.25, -0.2) is 9.59 Å². The van der Waals surface area contributed by atoms with Gasteiger partial charge in [-0.15, -0.1) is 0 Å². The number of hydrogen-bond donors (Lipinski definition) is 2. The minimum atomic E-state index is -1.37. The van der Waals surface area contributed by atoms with Gasteiger partial charge in [-0.3, -0.25) is 4.79 Å². The number of alkyl carbamates (subject to hydrolysis) is 1. The van der Waals surface area contributed by atoms with Crippen LogP contribution in [0.2, 0.25) is 0 Å². The topological polar surface area (TPSA) is 102 Å². The van der Waals surface area contributed by atoms with Gasteiger partial charge in [0.05, 0.1) is 6.42 Å². The van der Waals surface area contributed by atoms with Gasteiger partial charge >= 0.3 is 18.0 Å². The van der Waals surface area contributed by atoms with Crippen LogP contribution in [0.3, 0.4) is 0 Å². The molecule has 0 bridgehead atoms. The predicted octanol–water partition coefficient (Wildman–Crippen LogP) is 2.09. The fourth-order valence-corrected chi connectivity index (χ4v) is 1.51. The molecule has 0 aliphatic rings. The number of carbonyl (C=O) groups excluding carboxylic acids is 2. The number of ether oxygens (including phenoxy) is 2. The molecule has 0 radical (unpaired) electrons. The number of carbonyl (C=O) groups is 3. The molecule has 0 spiro atoms. The Hall–Kier alpha value is -1.79. The zero-order valence-electron chi connectivity index (χ0n) is 13.3. The summed E-state index contributed by atoms with van der Waals surface area (Å²) < 4.78 is 10.1. The van der Waals surface area contributed by atoms with E-state index in [0.717, 1.165) is 0 Å². The monoisotopic (exact) mass is 303 g/mol. The van der Waals surface area contributed by atoms with Crippen LogP contribution >= 0.6 is 0 Å². The van der Waals surface area contributed by atoms with E-state index in [0.29, 0.717) is 12.8 Å². The summed E-state index contributed by atoms with van der Waals surface area (Å²) in [4.78, 5) is 34.3. The Balaban J connectivity index is 4.53. The van der Waals surface area contributed by atoms with Gasteiger partial charge in [-0.2, -0.15) is 0 Å². The summed E-state index contributed by atoms with van der Waals surface area (Å²) in [7, 11) is 0. The number of amides is 1. The van der Waals surface area contributed by atoms with Gasteiger partial charge in [-0.05, 0) is 33.6 Å². The van der Waals surface area contributed by atoms with E-state index in [1.54, 1.807) is 20.8 Å². The summed E-state index contributed by atoms with van der Waals surface area (Å²) >= 11 is 0. The van der Waals surface area contributed by atoms with Gasteiger partial charge in [-0.1, -0.05) is 13.8 Å². The molecular weight excluding hydrogens is 278 g/mol. The van der Waals surface area contributed by atoms with Gasteiger partial charge < -0.3 is 19.9 Å². The number of carboxylic acid groups (broad SMARTS) is 1. The third-order valence-corrected chi connectivity index (χ3v) is 2.57. The number of esters is 1. The molecule has 7 nitrogen and oxygen atoms in total. The van der Waals surface area contributed by atoms with Crippen molar-refractivity contribution in [1.82, 2.24) is 5.32 Å². The summed E-state index contributed by atoms with van der Waals surface area (Å²) in [6.45, 7) is 8.71. The summed E-state index contributed by atoms with van der Waals surface area (Å²) in [5.41, 5.74) is -0.747. The van der Waals surface area contributed by atoms with Crippen molar-refractivity contribution in [1.29, 1.82) is 0 Å². The van der Waals surface area contributed by atoms with Crippen LogP contribution in [-0.2, 0) is 19.1 Å². The van der Waals surface area contributed by atoms with Crippen LogP contribution in [-0.4, -0.2) is 40.9 Å². The zero-order chi connectivity index (χ0) is 16.6. The molecule has 0 aromatic rings. The molecule has 21 heavy (non-hydrogen) atoms. The number of hydrogen-bond acceptors (Lipinski definition) is 5. The Morgan fingerprint density at radius 3 is 2.05 bits per heavy atom. The molecule has 1 atom stereocenters. The van der Waals surface area contributed by atoms with Crippen LogP contribution in [0.25, 0.3) is 0 Å². The SMILES string of the molecule is CCC(CC)OC(=O)C[C@H](NC(=O)OC(C)(C)C)C(=O)O. The Kier molecular flexibility index (Phi) is 7.76. The number of carboxylic acids is 1. The van der Waals surface area contributed by atoms with E-state index in [1.165, 1.54) is 0 Å². The molecular formula is C14H25NO6. The van der Waals surface area contributed by atoms with Gasteiger partial charge in [0.15, 0.2) is 0 Å². The van der Waals surface area contributed by atoms with Crippen LogP contribution < -0.4 is 5.32 Å². The smallest absolute Gasteiger partial charge is 0.408 e. The zero-order valence-corrected chi connectivity index (χ0v) is 13.3. The lowest BCUT2D eigenvalue weighted by molar-refractivity contribution is -0.153. The van der Waals surface area contributed by atoms with Gasteiger partial charge in [0.1, 0.15) is 17.7 Å². The maximum Gasteiger partial charge on any atom is 0.408 e. The summed E-state index contributed by atoms with van der Waals surface area (Å²) in [5.74, 6) is -1.98. The minimum absolute atomic E-state index is 0.242. The summed E-state index contributed by atoms with van der Waals surface area (Å²) in [6.07, 6.45) is -0.261. The lowest BCUT2D eigenvalue weighted by atomic mass is 10.2. The second kappa shape index (κ2) is 8.49. The fraction of sp³-hybridized carbons (Fsp3) is 0.786. The maximum atomic E-state index is 11.7. The van der Waals surface area contributed by atoms with Crippen LogP contribution in [0.4, 0.5) is 4.79 Å². The van der Waals surface area contributed by atoms with Crippen LogP contribution in [0.1, 0.15) is 53.9 Å². The molecule has 122 valence electrons. The van der Waals surface area contributed by atoms with E-state index < -0.39 is 36.1 Å². The van der Waals surface area contributed by atoms with Crippen molar-refractivity contribution in [3.8, 4) is 0 Å². The highest BCUT2D eigenvalue weighted by molar-refractivity contribution is 5.85. The van der Waals surface area contributed by atoms with Gasteiger partial charge in [0.25, 0.3) is 0 Å². The molecule has 7 heteroatoms. The Labute approximate surface area is 125 Å². The molecule has 0 aromatic heterocycles. The second-order valence-corrected chi connectivity index (χ2v) is 5.67. The van der Waals surface area contributed by atoms with Gasteiger partial charge in [0, 0.05) is 0 Å². The molecule has 0 aliphatic heterocycles. The van der Waals surface area contributed by atoms with Gasteiger partial charge in [0.2, 0.25) is 0 Å². The fourth-order valence-electron chi connectivity index (χ4n) is 1.51. The number of rotatable bonds is 7. The first-order valence-corrected chi connectivity index (χ1v) is 7.00. The van der Waals surface area contributed by atoms with E-state index in [2.05, 4.69) is 5.32 Å². The van der Waals surface area contributed by atoms with Crippen molar-refractivity contribution in [2.45, 2.75) is 71.6 Å². The summed E-state index contributed by atoms with van der Waals surface area (Å²) in [5, 5.41) is 11.2. The third kappa shape index (κ3) is 8.88. The van der Waals surface area contributed by atoms with Crippen LogP contribution in [0.5, 0.6) is 0 Å². The molecule has 0 fully saturated rings. The van der Waals surface area contributed by atoms with E-state index in [1.807, 2.05) is 13.8 Å². The molecule has 0 heterocycles. The predicted molar refractivity (Wildman–Crippen MR) is 75.9 cm³/mol. The van der Waals surface area contributed by atoms with Crippen LogP contribution in [0.15, 0.2) is 0 Å². The second-order valence-electron chi connectivity index (χ2n) is 5.67. The first kappa shape index (κ1) is 19.2. The third-order valence-electron chi connectivity index (χ3n) is 2.57. The van der Waals surface area contributed by atoms with Crippen molar-refractivity contribution in [2.75, 3.05) is 0 Å². The molecule has 1 amide bonds. The van der Waals surface area contributed by atoms with Crippen molar-refractivity contribution < 1.29 is 29.0 Å². The lowest BCUT2D eigenvalue weighted by Crippen LogP contribution is -2.45. The van der Waals surface area contributed by atoms with E-state index in [4.69, 9.17) is 14.6 Å². The first-order chi connectivity index (χ1) is 9.58. The van der Waals surface area contributed by atoms with E-state index in [-0.39, 0.29) is 6.10 Å². The van der Waals surface area contributed by atoms with E-state index in [9.17, 15) is 14.4 Å². The Morgan fingerprint density at radius 2 is 1.67 bits per heavy atom. The van der Waals surface area contributed by atoms with E-state index >= 15 is 0 Å². The molecule has 2 N–H and O–H groups in total. The average Bonchev–Trinajstić information content (AvgIpc) is 2.32. The number of nitrogens with one attached hydrogen (secondary N) is 1. The molecule has 0 saturated heterocycles. The largest absolute Gasteiger partial charge is 0.480 e. The molecule has 0 unspecified atom stereocenters. The Bertz CT molecular complexity index is 370. The van der Waals surface area contributed by atoms with Crippen molar-refractivity contribution in [2.24, 2.45) is 0 Å². The summed E-state index contributed by atoms with van der Waals surface area (Å²) in [6, 6.07) is -1.37. The van der Waals surface area contributed by atoms with Crippen molar-refractivity contribution >= 4 is 18.0 Å². The molecule has 0 aromatic carbocycles. The standard InChI is InChI=1S/C14H25NO6/c1-6-9(7-2)20-11(16)8-10(12(17)18)15-13(19)21-14(3,4)5/h9-10H,6-8H2,1-5H3,(H,15,19)(H,17,18)/t10-/m0/s1. The molecule has 0 rings (SSSR count). The minimum Gasteiger partial charge on any atom is -0.480 e.